The first-order chi connectivity index (χ1) is 5.65. The second kappa shape index (κ2) is 3.66. The zero-order chi connectivity index (χ0) is 9.14. The van der Waals surface area contributed by atoms with Crippen LogP contribution in [0.25, 0.3) is 0 Å². The zero-order valence-electron chi connectivity index (χ0n) is 5.95. The van der Waals surface area contributed by atoms with Crippen molar-refractivity contribution >= 4 is 34.8 Å². The first-order valence-electron chi connectivity index (χ1n) is 3.13. The van der Waals surface area contributed by atoms with E-state index >= 15 is 0 Å². The highest BCUT2D eigenvalue weighted by atomic mass is 127. The van der Waals surface area contributed by atoms with Crippen LogP contribution in [0.5, 0.6) is 0 Å². The molecule has 0 aliphatic rings. The molecule has 4 heteroatoms. The summed E-state index contributed by atoms with van der Waals surface area (Å²) in [6, 6.07) is 4.55. The van der Waals surface area contributed by atoms with Crippen LogP contribution in [0.1, 0.15) is 20.7 Å². The third-order valence-corrected chi connectivity index (χ3v) is 2.30. The molecule has 1 N–H and O–H groups in total. The molecule has 0 radical (unpaired) electrons. The van der Waals surface area contributed by atoms with Crippen molar-refractivity contribution in [2.75, 3.05) is 0 Å². The molecule has 3 nitrogen and oxygen atoms in total. The molecule has 1 aromatic carbocycles. The molecule has 0 unspecified atom stereocenters. The minimum atomic E-state index is -1.01. The molecule has 0 spiro atoms. The van der Waals surface area contributed by atoms with Crippen LogP contribution in [0.15, 0.2) is 18.2 Å². The predicted molar refractivity (Wildman–Crippen MR) is 51.5 cm³/mol. The van der Waals surface area contributed by atoms with Crippen LogP contribution in [0.4, 0.5) is 0 Å². The Bertz CT molecular complexity index is 333. The Hall–Kier alpha value is -0.910. The number of benzene rings is 1. The molecule has 0 saturated heterocycles. The summed E-state index contributed by atoms with van der Waals surface area (Å²) in [4.78, 5) is 20.9. The maximum absolute atomic E-state index is 10.6. The van der Waals surface area contributed by atoms with Crippen molar-refractivity contribution in [1.29, 1.82) is 0 Å². The summed E-state index contributed by atoms with van der Waals surface area (Å²) in [5.41, 5.74) is 0.549. The molecule has 62 valence electrons. The number of aromatic carboxylic acids is 1. The van der Waals surface area contributed by atoms with Gasteiger partial charge in [-0.1, -0.05) is 6.07 Å². The lowest BCUT2D eigenvalue weighted by molar-refractivity contribution is 0.0695. The van der Waals surface area contributed by atoms with Gasteiger partial charge in [0.15, 0.2) is 0 Å². The second-order valence-electron chi connectivity index (χ2n) is 2.16. The van der Waals surface area contributed by atoms with Crippen molar-refractivity contribution in [3.05, 3.63) is 32.9 Å². The largest absolute Gasteiger partial charge is 0.478 e. The summed E-state index contributed by atoms with van der Waals surface area (Å²) in [6.07, 6.45) is 0.628. The molecule has 1 aromatic rings. The van der Waals surface area contributed by atoms with Gasteiger partial charge in [0.05, 0.1) is 5.56 Å². The second-order valence-corrected chi connectivity index (χ2v) is 3.32. The van der Waals surface area contributed by atoms with Crippen molar-refractivity contribution < 1.29 is 14.7 Å². The average molecular weight is 276 g/mol. The summed E-state index contributed by atoms with van der Waals surface area (Å²) in [6.45, 7) is 0. The number of carboxylic acid groups (broad SMARTS) is 1. The number of aldehydes is 1. The van der Waals surface area contributed by atoms with Gasteiger partial charge in [-0.15, -0.1) is 0 Å². The van der Waals surface area contributed by atoms with E-state index in [-0.39, 0.29) is 5.56 Å². The maximum atomic E-state index is 10.6. The van der Waals surface area contributed by atoms with Crippen LogP contribution < -0.4 is 0 Å². The lowest BCUT2D eigenvalue weighted by atomic mass is 10.1. The summed E-state index contributed by atoms with van der Waals surface area (Å²) in [5, 5.41) is 8.66. The van der Waals surface area contributed by atoms with E-state index in [1.54, 1.807) is 12.1 Å². The van der Waals surface area contributed by atoms with Crippen molar-refractivity contribution in [2.24, 2.45) is 0 Å². The highest BCUT2D eigenvalue weighted by molar-refractivity contribution is 14.1. The molecule has 0 atom stereocenters. The molecule has 0 heterocycles. The molecule has 12 heavy (non-hydrogen) atoms. The first kappa shape index (κ1) is 9.18. The summed E-state index contributed by atoms with van der Waals surface area (Å²) in [5.74, 6) is -1.01. The van der Waals surface area contributed by atoms with Gasteiger partial charge in [0.25, 0.3) is 0 Å². The number of carbonyl (C=O) groups excluding carboxylic acids is 1. The normalized spacial score (nSPS) is 9.42. The Kier molecular flexibility index (Phi) is 2.80. The molecule has 0 aromatic heterocycles. The van der Waals surface area contributed by atoms with E-state index in [1.807, 2.05) is 22.6 Å². The van der Waals surface area contributed by atoms with E-state index < -0.39 is 5.97 Å². The lowest BCUT2D eigenvalue weighted by Crippen LogP contribution is -2.00. The van der Waals surface area contributed by atoms with Crippen LogP contribution in [0.2, 0.25) is 0 Å². The molecule has 0 saturated carbocycles. The van der Waals surface area contributed by atoms with Gasteiger partial charge in [-0.25, -0.2) is 4.79 Å². The van der Waals surface area contributed by atoms with Gasteiger partial charge in [-0.3, -0.25) is 4.79 Å². The molecule has 0 amide bonds. The molecule has 0 bridgehead atoms. The minimum Gasteiger partial charge on any atom is -0.478 e. The van der Waals surface area contributed by atoms with Crippen molar-refractivity contribution in [3.63, 3.8) is 0 Å². The van der Waals surface area contributed by atoms with Gasteiger partial charge in [-0.05, 0) is 34.7 Å². The van der Waals surface area contributed by atoms with E-state index in [0.717, 1.165) is 0 Å². The third kappa shape index (κ3) is 1.82. The van der Waals surface area contributed by atoms with E-state index in [1.165, 1.54) is 6.07 Å². The number of carboxylic acids is 1. The van der Waals surface area contributed by atoms with Crippen LogP contribution in [-0.2, 0) is 0 Å². The molecular formula is C8H5IO3. The third-order valence-electron chi connectivity index (χ3n) is 1.36. The number of rotatable bonds is 2. The van der Waals surface area contributed by atoms with Crippen molar-refractivity contribution in [3.8, 4) is 0 Å². The number of halogens is 1. The van der Waals surface area contributed by atoms with Crippen molar-refractivity contribution in [1.82, 2.24) is 0 Å². The van der Waals surface area contributed by atoms with Crippen molar-refractivity contribution in [2.45, 2.75) is 0 Å². The highest BCUT2D eigenvalue weighted by Crippen LogP contribution is 2.13. The summed E-state index contributed by atoms with van der Waals surface area (Å²) in [7, 11) is 0. The summed E-state index contributed by atoms with van der Waals surface area (Å²) < 4.78 is 0.630. The van der Waals surface area contributed by atoms with E-state index in [4.69, 9.17) is 5.11 Å². The Morgan fingerprint density at radius 2 is 2.17 bits per heavy atom. The van der Waals surface area contributed by atoms with Crippen LogP contribution in [0.3, 0.4) is 0 Å². The zero-order valence-corrected chi connectivity index (χ0v) is 8.11. The maximum Gasteiger partial charge on any atom is 0.336 e. The van der Waals surface area contributed by atoms with Gasteiger partial charge < -0.3 is 5.11 Å². The van der Waals surface area contributed by atoms with Gasteiger partial charge in [0.2, 0.25) is 0 Å². The Morgan fingerprint density at radius 1 is 1.50 bits per heavy atom. The van der Waals surface area contributed by atoms with Crippen LogP contribution in [0, 0.1) is 3.57 Å². The molecule has 1 rings (SSSR count). The lowest BCUT2D eigenvalue weighted by Gasteiger charge is -1.98. The van der Waals surface area contributed by atoms with Crippen LogP contribution >= 0.6 is 22.6 Å². The SMILES string of the molecule is O=Cc1ccc(I)c(C(=O)O)c1. The fraction of sp³-hybridized carbons (Fsp3) is 0. The van der Waals surface area contributed by atoms with E-state index in [0.29, 0.717) is 15.4 Å². The fourth-order valence-corrected chi connectivity index (χ4v) is 1.35. The predicted octanol–water partition coefficient (Wildman–Crippen LogP) is 1.80. The molecule has 0 fully saturated rings. The Labute approximate surface area is 82.5 Å². The standard InChI is InChI=1S/C8H5IO3/c9-7-2-1-5(4-10)3-6(7)8(11)12/h1-4H,(H,11,12). The molecule has 0 aliphatic carbocycles. The monoisotopic (exact) mass is 276 g/mol. The highest BCUT2D eigenvalue weighted by Gasteiger charge is 2.07. The quantitative estimate of drug-likeness (QED) is 0.662. The number of carbonyl (C=O) groups is 2. The smallest absolute Gasteiger partial charge is 0.336 e. The fourth-order valence-electron chi connectivity index (χ4n) is 0.780. The van der Waals surface area contributed by atoms with Gasteiger partial charge >= 0.3 is 5.97 Å². The van der Waals surface area contributed by atoms with E-state index in [9.17, 15) is 9.59 Å². The summed E-state index contributed by atoms with van der Waals surface area (Å²) >= 11 is 1.91. The number of hydrogen-bond acceptors (Lipinski definition) is 2. The molecular weight excluding hydrogens is 271 g/mol. The van der Waals surface area contributed by atoms with Gasteiger partial charge in [0.1, 0.15) is 6.29 Å². The minimum absolute atomic E-state index is 0.167. The topological polar surface area (TPSA) is 54.4 Å². The first-order valence-corrected chi connectivity index (χ1v) is 4.21. The average Bonchev–Trinajstić information content (AvgIpc) is 2.05. The van der Waals surface area contributed by atoms with Gasteiger partial charge in [-0.2, -0.15) is 0 Å². The van der Waals surface area contributed by atoms with Crippen LogP contribution in [-0.4, -0.2) is 17.4 Å². The number of hydrogen-bond donors (Lipinski definition) is 1. The molecule has 0 aliphatic heterocycles. The Balaban J connectivity index is 3.25. The Morgan fingerprint density at radius 3 is 2.67 bits per heavy atom. The van der Waals surface area contributed by atoms with E-state index in [2.05, 4.69) is 0 Å². The van der Waals surface area contributed by atoms with Gasteiger partial charge in [0, 0.05) is 9.13 Å².